The Labute approximate surface area is 245 Å². The van der Waals surface area contributed by atoms with Gasteiger partial charge in [0.15, 0.2) is 23.6 Å². The van der Waals surface area contributed by atoms with Crippen molar-refractivity contribution < 1.29 is 74.1 Å². The number of hydrogen-bond acceptors (Lipinski definition) is 15. The van der Waals surface area contributed by atoms with Crippen LogP contribution in [0, 0.1) is 0 Å². The number of ketones is 1. The average molecular weight is 611 g/mol. The molecule has 9 unspecified atom stereocenters. The highest BCUT2D eigenvalue weighted by Crippen LogP contribution is 2.43. The van der Waals surface area contributed by atoms with Crippen LogP contribution < -0.4 is 14.2 Å². The fourth-order valence-electron chi connectivity index (χ4n) is 5.20. The first-order chi connectivity index (χ1) is 20.4. The van der Waals surface area contributed by atoms with Gasteiger partial charge >= 0.3 is 0 Å². The Morgan fingerprint density at radius 2 is 1.53 bits per heavy atom. The van der Waals surface area contributed by atoms with Crippen molar-refractivity contribution in [3.8, 4) is 28.7 Å². The predicted molar refractivity (Wildman–Crippen MR) is 141 cm³/mol. The Morgan fingerprint density at radius 1 is 0.837 bits per heavy atom. The minimum Gasteiger partial charge on any atom is -0.507 e. The van der Waals surface area contributed by atoms with E-state index in [4.69, 9.17) is 28.4 Å². The number of methoxy groups -OCH3 is 1. The van der Waals surface area contributed by atoms with Gasteiger partial charge in [-0.3, -0.25) is 4.79 Å². The summed E-state index contributed by atoms with van der Waals surface area (Å²) in [7, 11) is 1.39. The van der Waals surface area contributed by atoms with E-state index in [0.29, 0.717) is 5.56 Å². The first-order valence-electron chi connectivity index (χ1n) is 13.5. The summed E-state index contributed by atoms with van der Waals surface area (Å²) in [6.07, 6.45) is -15.9. The maximum Gasteiger partial charge on any atom is 0.229 e. The van der Waals surface area contributed by atoms with E-state index >= 15 is 0 Å². The summed E-state index contributed by atoms with van der Waals surface area (Å²) < 4.78 is 33.1. The van der Waals surface area contributed by atoms with Crippen LogP contribution in [-0.2, 0) is 14.2 Å². The highest BCUT2D eigenvalue weighted by Gasteiger charge is 2.47. The van der Waals surface area contributed by atoms with Crippen LogP contribution in [-0.4, -0.2) is 122 Å². The zero-order valence-corrected chi connectivity index (χ0v) is 23.1. The number of carbonyl (C=O) groups is 1. The number of aromatic hydroxyl groups is 2. The second-order valence-electron chi connectivity index (χ2n) is 10.6. The molecule has 43 heavy (non-hydrogen) atoms. The Kier molecular flexibility index (Phi) is 8.99. The Bertz CT molecular complexity index is 1320. The molecule has 3 heterocycles. The molecular formula is C28H34O15. The molecule has 0 amide bonds. The second-order valence-corrected chi connectivity index (χ2v) is 10.6. The Morgan fingerprint density at radius 3 is 2.23 bits per heavy atom. The van der Waals surface area contributed by atoms with Gasteiger partial charge in [-0.25, -0.2) is 0 Å². The number of phenols is 2. The molecule has 2 aromatic carbocycles. The van der Waals surface area contributed by atoms with Gasteiger partial charge in [-0.15, -0.1) is 0 Å². The minimum atomic E-state index is -1.77. The van der Waals surface area contributed by atoms with Gasteiger partial charge in [0, 0.05) is 12.1 Å². The van der Waals surface area contributed by atoms with E-state index in [2.05, 4.69) is 0 Å². The van der Waals surface area contributed by atoms with E-state index in [1.54, 1.807) is 6.07 Å². The third-order valence-corrected chi connectivity index (χ3v) is 7.70. The molecule has 8 N–H and O–H groups in total. The number of aliphatic hydroxyl groups is 6. The topological polar surface area (TPSA) is 234 Å². The lowest BCUT2D eigenvalue weighted by Crippen LogP contribution is -2.61. The fourth-order valence-corrected chi connectivity index (χ4v) is 5.20. The van der Waals surface area contributed by atoms with Gasteiger partial charge < -0.3 is 69.3 Å². The quantitative estimate of drug-likeness (QED) is 0.185. The maximum atomic E-state index is 12.9. The van der Waals surface area contributed by atoms with Crippen molar-refractivity contribution in [3.63, 3.8) is 0 Å². The molecule has 0 aliphatic carbocycles. The van der Waals surface area contributed by atoms with E-state index in [1.807, 2.05) is 0 Å². The van der Waals surface area contributed by atoms with Gasteiger partial charge in [0.2, 0.25) is 6.29 Å². The van der Waals surface area contributed by atoms with E-state index in [0.717, 1.165) is 6.07 Å². The standard InChI is InChI=1S/C28H34O15/c1-10-21(32)23(34)25(36)27(40-10)39-9-19-22(33)24(35)26(37)28(43-19)41-12-6-14(30)20-15(31)8-17(42-18(20)7-12)11-3-4-16(38-2)13(29)5-11/h3-7,10,17,19,21-30,32-37H,8-9H2,1-2H3/t10-,17?,19?,21?,22?,23?,24?,25?,26?,27+,28?/m0/s1. The van der Waals surface area contributed by atoms with Crippen molar-refractivity contribution in [1.82, 2.24) is 0 Å². The van der Waals surface area contributed by atoms with Gasteiger partial charge in [0.05, 0.1) is 26.2 Å². The smallest absolute Gasteiger partial charge is 0.229 e. The van der Waals surface area contributed by atoms with Crippen molar-refractivity contribution in [3.05, 3.63) is 41.5 Å². The summed E-state index contributed by atoms with van der Waals surface area (Å²) in [4.78, 5) is 12.9. The lowest BCUT2D eigenvalue weighted by Gasteiger charge is -2.42. The molecule has 0 saturated carbocycles. The van der Waals surface area contributed by atoms with Crippen molar-refractivity contribution in [1.29, 1.82) is 0 Å². The van der Waals surface area contributed by atoms with Gasteiger partial charge in [0.1, 0.15) is 71.6 Å². The van der Waals surface area contributed by atoms with Crippen LogP contribution in [0.15, 0.2) is 30.3 Å². The van der Waals surface area contributed by atoms with Crippen LogP contribution >= 0.6 is 0 Å². The van der Waals surface area contributed by atoms with Gasteiger partial charge in [-0.1, -0.05) is 6.07 Å². The van der Waals surface area contributed by atoms with Crippen molar-refractivity contribution in [2.75, 3.05) is 13.7 Å². The number of rotatable bonds is 7. The number of carbonyl (C=O) groups excluding carboxylic acids is 1. The van der Waals surface area contributed by atoms with Gasteiger partial charge in [0.25, 0.3) is 0 Å². The summed E-state index contributed by atoms with van der Waals surface area (Å²) in [6.45, 7) is 0.964. The lowest BCUT2D eigenvalue weighted by atomic mass is 9.95. The van der Waals surface area contributed by atoms with Crippen LogP contribution in [0.5, 0.6) is 28.7 Å². The third-order valence-electron chi connectivity index (χ3n) is 7.70. The monoisotopic (exact) mass is 610 g/mol. The fraction of sp³-hybridized carbons (Fsp3) is 0.536. The number of fused-ring (bicyclic) bond motifs is 1. The SMILES string of the molecule is COc1ccc(C2CC(=O)c3c(O)cc(OC4OC(CO[C@@H]5O[C@@H](C)C(O)C(O)C5O)C(O)C(O)C4O)cc3O2)cc1O. The second kappa shape index (κ2) is 12.4. The molecule has 0 bridgehead atoms. The van der Waals surface area contributed by atoms with Crippen molar-refractivity contribution in [2.24, 2.45) is 0 Å². The number of ether oxygens (including phenoxy) is 6. The lowest BCUT2D eigenvalue weighted by molar-refractivity contribution is -0.318. The largest absolute Gasteiger partial charge is 0.507 e. The molecule has 15 nitrogen and oxygen atoms in total. The van der Waals surface area contributed by atoms with Crippen molar-refractivity contribution >= 4 is 5.78 Å². The predicted octanol–water partition coefficient (Wildman–Crippen LogP) is -1.16. The first-order valence-corrected chi connectivity index (χ1v) is 13.5. The molecule has 3 aliphatic heterocycles. The normalized spacial score (nSPS) is 36.0. The zero-order chi connectivity index (χ0) is 31.2. The molecular weight excluding hydrogens is 576 g/mol. The molecule has 236 valence electrons. The molecule has 2 saturated heterocycles. The highest BCUT2D eigenvalue weighted by atomic mass is 16.7. The van der Waals surface area contributed by atoms with E-state index in [-0.39, 0.29) is 35.0 Å². The number of phenolic OH excluding ortho intramolecular Hbond substituents is 2. The summed E-state index contributed by atoms with van der Waals surface area (Å²) in [6, 6.07) is 6.90. The molecule has 15 heteroatoms. The van der Waals surface area contributed by atoms with Crippen LogP contribution in [0.1, 0.15) is 35.4 Å². The highest BCUT2D eigenvalue weighted by molar-refractivity contribution is 6.02. The number of hydrogen-bond donors (Lipinski definition) is 8. The average Bonchev–Trinajstić information content (AvgIpc) is 2.97. The van der Waals surface area contributed by atoms with E-state index in [9.17, 15) is 45.6 Å². The Balaban J connectivity index is 1.30. The van der Waals surface area contributed by atoms with Gasteiger partial charge in [-0.2, -0.15) is 0 Å². The van der Waals surface area contributed by atoms with Crippen LogP contribution in [0.2, 0.25) is 0 Å². The maximum absolute atomic E-state index is 12.9. The summed E-state index contributed by atoms with van der Waals surface area (Å²) in [5.41, 5.74) is 0.373. The van der Waals surface area contributed by atoms with Crippen molar-refractivity contribution in [2.45, 2.75) is 80.9 Å². The number of aliphatic hydroxyl groups excluding tert-OH is 6. The third kappa shape index (κ3) is 6.08. The molecule has 0 aromatic heterocycles. The van der Waals surface area contributed by atoms with Crippen LogP contribution in [0.3, 0.4) is 0 Å². The molecule has 2 fully saturated rings. The van der Waals surface area contributed by atoms with E-state index < -0.39 is 85.7 Å². The zero-order valence-electron chi connectivity index (χ0n) is 23.1. The Hall–Kier alpha value is -3.25. The summed E-state index contributed by atoms with van der Waals surface area (Å²) in [5.74, 6) is -0.999. The first kappa shape index (κ1) is 31.2. The summed E-state index contributed by atoms with van der Waals surface area (Å²) in [5, 5.41) is 82.2. The van der Waals surface area contributed by atoms with Crippen LogP contribution in [0.25, 0.3) is 0 Å². The molecule has 2 aromatic rings. The van der Waals surface area contributed by atoms with E-state index in [1.165, 1.54) is 32.2 Å². The minimum absolute atomic E-state index is 0.0457. The molecule has 5 rings (SSSR count). The summed E-state index contributed by atoms with van der Waals surface area (Å²) >= 11 is 0. The number of Topliss-reactive ketones (excluding diaryl/α,β-unsaturated/α-hetero) is 1. The number of benzene rings is 2. The molecule has 0 radical (unpaired) electrons. The van der Waals surface area contributed by atoms with Gasteiger partial charge in [-0.05, 0) is 24.6 Å². The molecule has 3 aliphatic rings. The molecule has 0 spiro atoms. The molecule has 11 atom stereocenters. The van der Waals surface area contributed by atoms with Crippen LogP contribution in [0.4, 0.5) is 0 Å².